The predicted octanol–water partition coefficient (Wildman–Crippen LogP) is 0.968. The maximum Gasteiger partial charge on any atom is 0.270 e. The molecule has 23 heavy (non-hydrogen) atoms. The number of nitrogens with zero attached hydrogens (tertiary/aromatic N) is 4. The Kier molecular flexibility index (Phi) is 3.04. The van der Waals surface area contributed by atoms with Crippen LogP contribution in [0.1, 0.15) is 11.3 Å². The van der Waals surface area contributed by atoms with Crippen molar-refractivity contribution in [2.45, 2.75) is 6.42 Å². The van der Waals surface area contributed by atoms with Gasteiger partial charge in [0.1, 0.15) is 11.6 Å². The van der Waals surface area contributed by atoms with E-state index in [0.717, 1.165) is 47.1 Å². The Morgan fingerprint density at radius 2 is 2.17 bits per heavy atom. The molecule has 0 aromatic carbocycles. The fourth-order valence-corrected chi connectivity index (χ4v) is 3.04. The topological polar surface area (TPSA) is 60.8 Å². The standard InChI is InChI=1S/C17H17N5O/c1-21(2)14-9-11(5-7-18-14)17-19-10-12-3-4-15(23)20-13-6-8-22(17)16(12)13/h3-5,7,9-10,18H,6,8H2,1-2H3/b17-11+. The predicted molar refractivity (Wildman–Crippen MR) is 90.2 cm³/mol. The van der Waals surface area contributed by atoms with Gasteiger partial charge in [0.2, 0.25) is 0 Å². The first-order valence-corrected chi connectivity index (χ1v) is 7.56. The minimum absolute atomic E-state index is 0.199. The molecule has 0 bridgehead atoms. The molecule has 0 saturated carbocycles. The van der Waals surface area contributed by atoms with Crippen molar-refractivity contribution >= 4 is 11.9 Å². The molecule has 116 valence electrons. The number of hydrogen-bond acceptors (Lipinski definition) is 6. The molecule has 0 unspecified atom stereocenters. The Labute approximate surface area is 134 Å². The smallest absolute Gasteiger partial charge is 0.270 e. The lowest BCUT2D eigenvalue weighted by atomic mass is 10.1. The van der Waals surface area contributed by atoms with E-state index in [9.17, 15) is 4.79 Å². The van der Waals surface area contributed by atoms with Crippen LogP contribution < -0.4 is 15.8 Å². The summed E-state index contributed by atoms with van der Waals surface area (Å²) in [6, 6.07) is 3.31. The van der Waals surface area contributed by atoms with Crippen LogP contribution >= 0.6 is 0 Å². The molecule has 0 saturated heterocycles. The van der Waals surface area contributed by atoms with Crippen molar-refractivity contribution in [1.29, 1.82) is 0 Å². The summed E-state index contributed by atoms with van der Waals surface area (Å²) >= 11 is 0. The first-order valence-electron chi connectivity index (χ1n) is 7.56. The number of aliphatic imine (C=N–C) groups is 1. The van der Waals surface area contributed by atoms with Crippen molar-refractivity contribution in [3.63, 3.8) is 0 Å². The monoisotopic (exact) mass is 307 g/mol. The molecule has 4 rings (SSSR count). The van der Waals surface area contributed by atoms with Gasteiger partial charge in [-0.25, -0.2) is 9.98 Å². The largest absolute Gasteiger partial charge is 0.364 e. The second-order valence-electron chi connectivity index (χ2n) is 5.87. The van der Waals surface area contributed by atoms with Crippen LogP contribution in [0.5, 0.6) is 0 Å². The van der Waals surface area contributed by atoms with Crippen molar-refractivity contribution in [3.05, 3.63) is 69.3 Å². The second kappa shape index (κ2) is 5.08. The highest BCUT2D eigenvalue weighted by molar-refractivity contribution is 5.93. The molecule has 1 N–H and O–H groups in total. The maximum absolute atomic E-state index is 11.7. The summed E-state index contributed by atoms with van der Waals surface area (Å²) in [7, 11) is 3.99. The zero-order valence-corrected chi connectivity index (χ0v) is 13.1. The zero-order valence-electron chi connectivity index (χ0n) is 13.1. The molecule has 3 aliphatic heterocycles. The fraction of sp³-hybridized carbons (Fsp3) is 0.235. The minimum atomic E-state index is -0.199. The number of anilines is 1. The average Bonchev–Trinajstić information content (AvgIpc) is 2.89. The molecule has 4 heterocycles. The Morgan fingerprint density at radius 1 is 1.30 bits per heavy atom. The van der Waals surface area contributed by atoms with Gasteiger partial charge < -0.3 is 15.1 Å². The van der Waals surface area contributed by atoms with Gasteiger partial charge in [0.05, 0.1) is 11.4 Å². The first kappa shape index (κ1) is 13.8. The number of dihydropyridines is 1. The summed E-state index contributed by atoms with van der Waals surface area (Å²) in [6.07, 6.45) is 8.59. The van der Waals surface area contributed by atoms with Crippen LogP contribution in [-0.2, 0) is 6.42 Å². The molecule has 0 aliphatic carbocycles. The lowest BCUT2D eigenvalue weighted by molar-refractivity contribution is 0.480. The SMILES string of the molecule is CN(C)C1=C/C(=C2\N=Cc3ccc(=O)nc4c3N2CC4)C=CN1. The summed E-state index contributed by atoms with van der Waals surface area (Å²) in [5, 5.41) is 3.21. The molecule has 6 heteroatoms. The van der Waals surface area contributed by atoms with Crippen molar-refractivity contribution in [2.24, 2.45) is 4.99 Å². The van der Waals surface area contributed by atoms with Crippen molar-refractivity contribution in [3.8, 4) is 0 Å². The second-order valence-corrected chi connectivity index (χ2v) is 5.87. The molecule has 3 aliphatic rings. The van der Waals surface area contributed by atoms with E-state index in [4.69, 9.17) is 0 Å². The third-order valence-corrected chi connectivity index (χ3v) is 4.15. The third kappa shape index (κ3) is 2.23. The molecular formula is C17H17N5O. The van der Waals surface area contributed by atoms with E-state index >= 15 is 0 Å². The number of hydrogen-bond donors (Lipinski definition) is 1. The van der Waals surface area contributed by atoms with Crippen molar-refractivity contribution in [1.82, 2.24) is 15.2 Å². The molecule has 1 aromatic rings. The van der Waals surface area contributed by atoms with E-state index < -0.39 is 0 Å². The van der Waals surface area contributed by atoms with Crippen LogP contribution in [0.3, 0.4) is 0 Å². The molecule has 6 nitrogen and oxygen atoms in total. The maximum atomic E-state index is 11.7. The van der Waals surface area contributed by atoms with Gasteiger partial charge in [0.15, 0.2) is 0 Å². The molecule has 0 spiro atoms. The van der Waals surface area contributed by atoms with Gasteiger partial charge in [0, 0.05) is 56.7 Å². The third-order valence-electron chi connectivity index (χ3n) is 4.15. The normalized spacial score (nSPS) is 21.0. The van der Waals surface area contributed by atoms with E-state index in [-0.39, 0.29) is 5.56 Å². The lowest BCUT2D eigenvalue weighted by Gasteiger charge is -2.27. The van der Waals surface area contributed by atoms with E-state index in [1.807, 2.05) is 37.5 Å². The van der Waals surface area contributed by atoms with Gasteiger partial charge in [0.25, 0.3) is 5.56 Å². The van der Waals surface area contributed by atoms with Crippen LogP contribution in [0.15, 0.2) is 57.5 Å². The molecule has 0 amide bonds. The highest BCUT2D eigenvalue weighted by Crippen LogP contribution is 2.36. The van der Waals surface area contributed by atoms with Gasteiger partial charge in [-0.15, -0.1) is 0 Å². The number of nitrogens with one attached hydrogen (secondary N) is 1. The fourth-order valence-electron chi connectivity index (χ4n) is 3.04. The first-order chi connectivity index (χ1) is 11.1. The van der Waals surface area contributed by atoms with Crippen LogP contribution in [0.4, 0.5) is 5.69 Å². The van der Waals surface area contributed by atoms with Crippen LogP contribution in [-0.4, -0.2) is 36.7 Å². The van der Waals surface area contributed by atoms with E-state index in [1.165, 1.54) is 6.07 Å². The van der Waals surface area contributed by atoms with E-state index in [2.05, 4.69) is 26.3 Å². The lowest BCUT2D eigenvalue weighted by Crippen LogP contribution is -2.27. The summed E-state index contributed by atoms with van der Waals surface area (Å²) in [5.74, 6) is 1.91. The average molecular weight is 307 g/mol. The number of allylic oxidation sites excluding steroid dienone is 3. The Balaban J connectivity index is 1.88. The summed E-state index contributed by atoms with van der Waals surface area (Å²) in [6.45, 7) is 0.793. The van der Waals surface area contributed by atoms with E-state index in [0.29, 0.717) is 0 Å². The highest BCUT2D eigenvalue weighted by atomic mass is 16.1. The molecular weight excluding hydrogens is 290 g/mol. The Hall–Kier alpha value is -2.89. The summed E-state index contributed by atoms with van der Waals surface area (Å²) in [5.41, 5.74) is 3.66. The quantitative estimate of drug-likeness (QED) is 0.838. The Bertz CT molecular complexity index is 864. The zero-order chi connectivity index (χ0) is 16.0. The number of rotatable bonds is 1. The molecule has 0 radical (unpaired) electrons. The van der Waals surface area contributed by atoms with Gasteiger partial charge in [-0.2, -0.15) is 0 Å². The van der Waals surface area contributed by atoms with Gasteiger partial charge in [-0.05, 0) is 18.2 Å². The van der Waals surface area contributed by atoms with Crippen molar-refractivity contribution < 1.29 is 0 Å². The number of aromatic nitrogens is 1. The van der Waals surface area contributed by atoms with Crippen molar-refractivity contribution in [2.75, 3.05) is 25.5 Å². The molecule has 0 atom stereocenters. The summed E-state index contributed by atoms with van der Waals surface area (Å²) in [4.78, 5) is 24.7. The summed E-state index contributed by atoms with van der Waals surface area (Å²) < 4.78 is 0. The van der Waals surface area contributed by atoms with Crippen LogP contribution in [0.25, 0.3) is 0 Å². The van der Waals surface area contributed by atoms with Crippen LogP contribution in [0.2, 0.25) is 0 Å². The minimum Gasteiger partial charge on any atom is -0.364 e. The van der Waals surface area contributed by atoms with E-state index in [1.54, 1.807) is 6.07 Å². The van der Waals surface area contributed by atoms with Crippen LogP contribution in [0, 0.1) is 0 Å². The molecule has 0 fully saturated rings. The van der Waals surface area contributed by atoms with Gasteiger partial charge >= 0.3 is 0 Å². The van der Waals surface area contributed by atoms with Gasteiger partial charge in [-0.3, -0.25) is 4.79 Å². The Morgan fingerprint density at radius 3 is 3.00 bits per heavy atom. The van der Waals surface area contributed by atoms with Gasteiger partial charge in [-0.1, -0.05) is 0 Å². The molecule has 1 aromatic heterocycles. The highest BCUT2D eigenvalue weighted by Gasteiger charge is 2.29.